The Bertz CT molecular complexity index is 421. The van der Waals surface area contributed by atoms with Gasteiger partial charge < -0.3 is 5.32 Å². The van der Waals surface area contributed by atoms with E-state index in [2.05, 4.69) is 54.6 Å². The summed E-state index contributed by atoms with van der Waals surface area (Å²) < 4.78 is 2.06. The fraction of sp³-hybridized carbons (Fsp3) is 0.643. The van der Waals surface area contributed by atoms with Crippen molar-refractivity contribution in [3.8, 4) is 11.8 Å². The lowest BCUT2D eigenvalue weighted by atomic mass is 10.1. The van der Waals surface area contributed by atoms with Crippen LogP contribution in [0.2, 0.25) is 0 Å². The molecule has 0 aromatic carbocycles. The predicted molar refractivity (Wildman–Crippen MR) is 71.9 cm³/mol. The molecular weight excluding hydrogens is 210 g/mol. The van der Waals surface area contributed by atoms with E-state index < -0.39 is 0 Å². The fourth-order valence-electron chi connectivity index (χ4n) is 2.22. The van der Waals surface area contributed by atoms with Crippen LogP contribution < -0.4 is 5.32 Å². The zero-order valence-electron chi connectivity index (χ0n) is 11.6. The maximum atomic E-state index is 4.54. The highest BCUT2D eigenvalue weighted by molar-refractivity contribution is 5.27. The van der Waals surface area contributed by atoms with Crippen LogP contribution in [0.15, 0.2) is 0 Å². The van der Waals surface area contributed by atoms with Crippen LogP contribution >= 0.6 is 0 Å². The van der Waals surface area contributed by atoms with Gasteiger partial charge in [0.1, 0.15) is 0 Å². The molecule has 0 fully saturated rings. The van der Waals surface area contributed by atoms with E-state index in [-0.39, 0.29) is 0 Å². The first kappa shape index (κ1) is 13.8. The van der Waals surface area contributed by atoms with E-state index in [1.54, 1.807) is 0 Å². The molecule has 0 bridgehead atoms. The quantitative estimate of drug-likeness (QED) is 0.626. The lowest BCUT2D eigenvalue weighted by molar-refractivity contribution is 0.575. The maximum Gasteiger partial charge on any atom is 0.0644 e. The van der Waals surface area contributed by atoms with Crippen molar-refractivity contribution in [2.75, 3.05) is 6.54 Å². The smallest absolute Gasteiger partial charge is 0.0644 e. The van der Waals surface area contributed by atoms with E-state index in [1.807, 2.05) is 6.92 Å². The van der Waals surface area contributed by atoms with Gasteiger partial charge in [-0.25, -0.2) is 0 Å². The topological polar surface area (TPSA) is 29.9 Å². The number of aromatic nitrogens is 2. The summed E-state index contributed by atoms with van der Waals surface area (Å²) in [5.74, 6) is 5.98. The molecular formula is C14H23N3. The molecule has 3 heteroatoms. The van der Waals surface area contributed by atoms with E-state index >= 15 is 0 Å². The van der Waals surface area contributed by atoms with Crippen LogP contribution in [0.3, 0.4) is 0 Å². The van der Waals surface area contributed by atoms with Crippen LogP contribution in [-0.2, 0) is 6.54 Å². The molecule has 94 valence electrons. The van der Waals surface area contributed by atoms with E-state index in [4.69, 9.17) is 0 Å². The molecule has 0 aliphatic heterocycles. The van der Waals surface area contributed by atoms with Crippen LogP contribution in [0.25, 0.3) is 0 Å². The standard InChI is InChI=1S/C14H23N3/c1-6-8-9-10-15-11(3)14-12(4)16-17(7-2)13(14)5/h11,15H,7,9-10H2,1-5H3. The number of hydrogen-bond acceptors (Lipinski definition) is 2. The molecule has 0 saturated heterocycles. The van der Waals surface area contributed by atoms with Crippen LogP contribution in [-0.4, -0.2) is 16.3 Å². The molecule has 0 aliphatic rings. The van der Waals surface area contributed by atoms with Gasteiger partial charge in [0.25, 0.3) is 0 Å². The number of hydrogen-bond donors (Lipinski definition) is 1. The van der Waals surface area contributed by atoms with E-state index in [0.717, 1.165) is 25.2 Å². The first-order valence-electron chi connectivity index (χ1n) is 6.28. The minimum Gasteiger partial charge on any atom is -0.309 e. The molecule has 1 N–H and O–H groups in total. The largest absolute Gasteiger partial charge is 0.309 e. The molecule has 0 amide bonds. The predicted octanol–water partition coefficient (Wildman–Crippen LogP) is 2.58. The summed E-state index contributed by atoms with van der Waals surface area (Å²) in [4.78, 5) is 0. The van der Waals surface area contributed by atoms with Crippen LogP contribution in [0.1, 0.15) is 50.2 Å². The molecule has 0 aliphatic carbocycles. The van der Waals surface area contributed by atoms with Crippen LogP contribution in [0.4, 0.5) is 0 Å². The van der Waals surface area contributed by atoms with Gasteiger partial charge in [-0.05, 0) is 34.6 Å². The van der Waals surface area contributed by atoms with Gasteiger partial charge in [0, 0.05) is 36.8 Å². The molecule has 3 nitrogen and oxygen atoms in total. The minimum atomic E-state index is 0.342. The normalized spacial score (nSPS) is 12.1. The Labute approximate surface area is 105 Å². The second-order valence-electron chi connectivity index (χ2n) is 4.25. The minimum absolute atomic E-state index is 0.342. The summed E-state index contributed by atoms with van der Waals surface area (Å²) >= 11 is 0. The number of nitrogens with one attached hydrogen (secondary N) is 1. The summed E-state index contributed by atoms with van der Waals surface area (Å²) in [6.45, 7) is 12.3. The Morgan fingerprint density at radius 3 is 2.65 bits per heavy atom. The molecule has 1 heterocycles. The maximum absolute atomic E-state index is 4.54. The van der Waals surface area contributed by atoms with Crippen LogP contribution in [0, 0.1) is 25.7 Å². The summed E-state index contributed by atoms with van der Waals surface area (Å²) in [5.41, 5.74) is 3.73. The second kappa shape index (κ2) is 6.46. The molecule has 0 radical (unpaired) electrons. The van der Waals surface area contributed by atoms with E-state index in [0.29, 0.717) is 6.04 Å². The van der Waals surface area contributed by atoms with Crippen molar-refractivity contribution < 1.29 is 0 Å². The van der Waals surface area contributed by atoms with Gasteiger partial charge in [0.05, 0.1) is 5.69 Å². The van der Waals surface area contributed by atoms with Gasteiger partial charge in [-0.3, -0.25) is 4.68 Å². The Balaban J connectivity index is 2.70. The number of aryl methyl sites for hydroxylation is 2. The highest BCUT2D eigenvalue weighted by Crippen LogP contribution is 2.21. The van der Waals surface area contributed by atoms with E-state index in [1.165, 1.54) is 11.3 Å². The van der Waals surface area contributed by atoms with Crippen molar-refractivity contribution in [3.63, 3.8) is 0 Å². The average Bonchev–Trinajstić information content (AvgIpc) is 2.59. The van der Waals surface area contributed by atoms with Gasteiger partial charge >= 0.3 is 0 Å². The summed E-state index contributed by atoms with van der Waals surface area (Å²) in [7, 11) is 0. The third-order valence-corrected chi connectivity index (χ3v) is 3.05. The molecule has 0 saturated carbocycles. The zero-order valence-corrected chi connectivity index (χ0v) is 11.6. The fourth-order valence-corrected chi connectivity index (χ4v) is 2.22. The molecule has 1 atom stereocenters. The van der Waals surface area contributed by atoms with Gasteiger partial charge in [-0.2, -0.15) is 5.10 Å². The Hall–Kier alpha value is -1.27. The summed E-state index contributed by atoms with van der Waals surface area (Å²) in [5, 5.41) is 8.04. The highest BCUT2D eigenvalue weighted by atomic mass is 15.3. The highest BCUT2D eigenvalue weighted by Gasteiger charge is 2.15. The molecule has 17 heavy (non-hydrogen) atoms. The van der Waals surface area contributed by atoms with Crippen LogP contribution in [0.5, 0.6) is 0 Å². The zero-order chi connectivity index (χ0) is 12.8. The van der Waals surface area contributed by atoms with Gasteiger partial charge in [0.2, 0.25) is 0 Å². The van der Waals surface area contributed by atoms with Crippen molar-refractivity contribution in [3.05, 3.63) is 17.0 Å². The number of nitrogens with zero attached hydrogens (tertiary/aromatic N) is 2. The second-order valence-corrected chi connectivity index (χ2v) is 4.25. The SMILES string of the molecule is CC#CCCNC(C)c1c(C)nn(CC)c1C. The molecule has 0 spiro atoms. The van der Waals surface area contributed by atoms with Crippen molar-refractivity contribution in [2.45, 2.75) is 53.6 Å². The van der Waals surface area contributed by atoms with Crippen molar-refractivity contribution in [1.29, 1.82) is 0 Å². The third-order valence-electron chi connectivity index (χ3n) is 3.05. The van der Waals surface area contributed by atoms with E-state index in [9.17, 15) is 0 Å². The molecule has 1 rings (SSSR count). The molecule has 1 aromatic heterocycles. The molecule has 1 unspecified atom stereocenters. The lowest BCUT2D eigenvalue weighted by Gasteiger charge is -2.13. The summed E-state index contributed by atoms with van der Waals surface area (Å²) in [6, 6.07) is 0.342. The average molecular weight is 233 g/mol. The van der Waals surface area contributed by atoms with Crippen molar-refractivity contribution in [1.82, 2.24) is 15.1 Å². The Morgan fingerprint density at radius 1 is 1.41 bits per heavy atom. The van der Waals surface area contributed by atoms with Gasteiger partial charge in [0.15, 0.2) is 0 Å². The first-order valence-corrected chi connectivity index (χ1v) is 6.28. The number of rotatable bonds is 5. The Kier molecular flexibility index (Phi) is 5.24. The monoisotopic (exact) mass is 233 g/mol. The van der Waals surface area contributed by atoms with Gasteiger partial charge in [-0.1, -0.05) is 0 Å². The first-order chi connectivity index (χ1) is 8.11. The van der Waals surface area contributed by atoms with Crippen molar-refractivity contribution in [2.24, 2.45) is 0 Å². The Morgan fingerprint density at radius 2 is 2.12 bits per heavy atom. The third kappa shape index (κ3) is 3.34. The summed E-state index contributed by atoms with van der Waals surface area (Å²) in [6.07, 6.45) is 0.904. The van der Waals surface area contributed by atoms with Gasteiger partial charge in [-0.15, -0.1) is 11.8 Å². The van der Waals surface area contributed by atoms with Crippen molar-refractivity contribution >= 4 is 0 Å². The lowest BCUT2D eigenvalue weighted by Crippen LogP contribution is -2.20. The molecule has 1 aromatic rings.